The van der Waals surface area contributed by atoms with E-state index in [0.29, 0.717) is 6.54 Å². The van der Waals surface area contributed by atoms with Crippen LogP contribution in [0.2, 0.25) is 0 Å². The summed E-state index contributed by atoms with van der Waals surface area (Å²) in [7, 11) is 0. The third kappa shape index (κ3) is 14.1. The summed E-state index contributed by atoms with van der Waals surface area (Å²) in [6.07, 6.45) is -1.39. The maximum absolute atomic E-state index is 13.5. The van der Waals surface area contributed by atoms with Gasteiger partial charge < -0.3 is 37.0 Å². The monoisotopic (exact) mass is 596 g/mol. The number of benzene rings is 2. The van der Waals surface area contributed by atoms with Gasteiger partial charge in [-0.05, 0) is 43.7 Å². The van der Waals surface area contributed by atoms with Crippen molar-refractivity contribution >= 4 is 23.9 Å². The number of rotatable bonds is 13. The number of aliphatic hydroxyl groups excluding tert-OH is 1. The van der Waals surface area contributed by atoms with Crippen LogP contribution in [0.25, 0.3) is 0 Å². The summed E-state index contributed by atoms with van der Waals surface area (Å²) < 4.78 is 0. The van der Waals surface area contributed by atoms with Crippen molar-refractivity contribution in [2.45, 2.75) is 84.7 Å². The zero-order chi connectivity index (χ0) is 32.2. The van der Waals surface area contributed by atoms with Crippen molar-refractivity contribution in [1.29, 1.82) is 0 Å². The summed E-state index contributed by atoms with van der Waals surface area (Å²) in [6, 6.07) is 15.4. The second kappa shape index (κ2) is 15.9. The largest absolute Gasteiger partial charge is 0.389 e. The van der Waals surface area contributed by atoms with Crippen LogP contribution in [-0.2, 0) is 22.6 Å². The number of carbonyl (C=O) groups excluding carboxylic acids is 4. The molecule has 0 aliphatic carbocycles. The number of nitrogens with zero attached hydrogens (tertiary/aromatic N) is 1. The van der Waals surface area contributed by atoms with Crippen molar-refractivity contribution in [3.63, 3.8) is 0 Å². The molecule has 0 aliphatic rings. The Hall–Kier alpha value is -4.12. The number of hydrogen-bond donors (Lipinski definition) is 6. The highest BCUT2D eigenvalue weighted by Gasteiger charge is 2.32. The van der Waals surface area contributed by atoms with Crippen LogP contribution in [0.3, 0.4) is 0 Å². The molecular formula is C32H48N6O5. The number of hydrogen-bond acceptors (Lipinski definition) is 5. The van der Waals surface area contributed by atoms with Gasteiger partial charge in [-0.1, -0.05) is 81.4 Å². The van der Waals surface area contributed by atoms with Gasteiger partial charge in [0.15, 0.2) is 0 Å². The van der Waals surface area contributed by atoms with Crippen molar-refractivity contribution < 1.29 is 24.3 Å². The molecule has 7 N–H and O–H groups in total. The minimum atomic E-state index is -1.28. The number of amides is 6. The second-order valence-corrected chi connectivity index (χ2v) is 13.0. The smallest absolute Gasteiger partial charge is 0.317 e. The van der Waals surface area contributed by atoms with Crippen LogP contribution < -0.4 is 27.0 Å². The van der Waals surface area contributed by atoms with E-state index in [0.717, 1.165) is 11.1 Å². The lowest BCUT2D eigenvalue weighted by Gasteiger charge is -2.36. The van der Waals surface area contributed by atoms with Gasteiger partial charge in [0.1, 0.15) is 6.04 Å². The maximum atomic E-state index is 13.5. The van der Waals surface area contributed by atoms with Crippen molar-refractivity contribution in [2.24, 2.45) is 11.1 Å². The van der Waals surface area contributed by atoms with Gasteiger partial charge in [0.05, 0.1) is 25.1 Å². The molecule has 0 aromatic heterocycles. The Bertz CT molecular complexity index is 1190. The highest BCUT2D eigenvalue weighted by molar-refractivity contribution is 5.91. The van der Waals surface area contributed by atoms with Crippen LogP contribution in [0.1, 0.15) is 59.1 Å². The Balaban J connectivity index is 2.25. The lowest BCUT2D eigenvalue weighted by Crippen LogP contribution is -2.58. The van der Waals surface area contributed by atoms with Crippen LogP contribution in [0, 0.1) is 5.41 Å². The highest BCUT2D eigenvalue weighted by Crippen LogP contribution is 2.18. The zero-order valence-corrected chi connectivity index (χ0v) is 26.1. The van der Waals surface area contributed by atoms with E-state index in [9.17, 15) is 24.3 Å². The lowest BCUT2D eigenvalue weighted by atomic mass is 9.95. The molecule has 0 radical (unpaired) electrons. The SMILES string of the molecule is CC(C)(C)CN(CC(O)C(Cc1ccccc1)NC(=O)C(CC(N)=O)NC(=O)NCc1ccccc1)C(=O)NC(C)(C)C. The molecule has 6 amide bonds. The Morgan fingerprint density at radius 2 is 1.42 bits per heavy atom. The number of primary amides is 1. The number of carbonyl (C=O) groups is 4. The molecule has 3 atom stereocenters. The van der Waals surface area contributed by atoms with Crippen LogP contribution in [0.5, 0.6) is 0 Å². The highest BCUT2D eigenvalue weighted by atomic mass is 16.3. The summed E-state index contributed by atoms with van der Waals surface area (Å²) >= 11 is 0. The molecule has 3 unspecified atom stereocenters. The Kier molecular flexibility index (Phi) is 13.0. The first-order valence-corrected chi connectivity index (χ1v) is 14.5. The Morgan fingerprint density at radius 3 is 1.93 bits per heavy atom. The Labute approximate surface area is 255 Å². The minimum absolute atomic E-state index is 0.0670. The summed E-state index contributed by atoms with van der Waals surface area (Å²) in [5.74, 6) is -1.46. The van der Waals surface area contributed by atoms with Crippen LogP contribution >= 0.6 is 0 Å². The topological polar surface area (TPSA) is 166 Å². The Morgan fingerprint density at radius 1 is 0.860 bits per heavy atom. The third-order valence-electron chi connectivity index (χ3n) is 6.26. The van der Waals surface area contributed by atoms with E-state index in [2.05, 4.69) is 21.3 Å². The zero-order valence-electron chi connectivity index (χ0n) is 26.1. The van der Waals surface area contributed by atoms with Crippen molar-refractivity contribution in [1.82, 2.24) is 26.2 Å². The summed E-state index contributed by atoms with van der Waals surface area (Å²) in [5.41, 5.74) is 6.34. The summed E-state index contributed by atoms with van der Waals surface area (Å²) in [6.45, 7) is 12.1. The van der Waals surface area contributed by atoms with Gasteiger partial charge in [-0.15, -0.1) is 0 Å². The molecule has 0 saturated carbocycles. The van der Waals surface area contributed by atoms with Crippen LogP contribution in [-0.4, -0.2) is 70.7 Å². The fourth-order valence-corrected chi connectivity index (χ4v) is 4.38. The molecule has 0 saturated heterocycles. The van der Waals surface area contributed by atoms with E-state index in [1.54, 1.807) is 0 Å². The minimum Gasteiger partial charge on any atom is -0.389 e. The molecule has 11 heteroatoms. The van der Waals surface area contributed by atoms with E-state index in [-0.39, 0.29) is 31.0 Å². The second-order valence-electron chi connectivity index (χ2n) is 13.0. The molecule has 2 aromatic carbocycles. The molecule has 2 rings (SSSR count). The van der Waals surface area contributed by atoms with Gasteiger partial charge in [0, 0.05) is 18.6 Å². The van der Waals surface area contributed by atoms with Crippen molar-refractivity contribution in [2.75, 3.05) is 13.1 Å². The molecule has 0 heterocycles. The molecule has 0 spiro atoms. The molecule has 0 aliphatic heterocycles. The predicted molar refractivity (Wildman–Crippen MR) is 167 cm³/mol. The number of urea groups is 2. The number of nitrogens with two attached hydrogens (primary N) is 1. The normalized spacial score (nSPS) is 13.7. The first kappa shape index (κ1) is 35.1. The van der Waals surface area contributed by atoms with Crippen LogP contribution in [0.4, 0.5) is 9.59 Å². The molecule has 236 valence electrons. The van der Waals surface area contributed by atoms with E-state index in [4.69, 9.17) is 5.73 Å². The van der Waals surface area contributed by atoms with E-state index in [1.807, 2.05) is 102 Å². The van der Waals surface area contributed by atoms with E-state index >= 15 is 0 Å². The molecule has 2 aromatic rings. The summed E-state index contributed by atoms with van der Waals surface area (Å²) in [4.78, 5) is 52.7. The number of nitrogens with one attached hydrogen (secondary N) is 4. The average Bonchev–Trinajstić information content (AvgIpc) is 2.90. The van der Waals surface area contributed by atoms with Crippen LogP contribution in [0.15, 0.2) is 60.7 Å². The quantitative estimate of drug-likeness (QED) is 0.209. The fourth-order valence-electron chi connectivity index (χ4n) is 4.38. The average molecular weight is 597 g/mol. The van der Waals surface area contributed by atoms with E-state index in [1.165, 1.54) is 4.90 Å². The van der Waals surface area contributed by atoms with Gasteiger partial charge in [-0.25, -0.2) is 9.59 Å². The summed E-state index contributed by atoms with van der Waals surface area (Å²) in [5, 5.41) is 22.4. The van der Waals surface area contributed by atoms with Gasteiger partial charge in [-0.2, -0.15) is 0 Å². The molecular weight excluding hydrogens is 548 g/mol. The fraction of sp³-hybridized carbons (Fsp3) is 0.500. The van der Waals surface area contributed by atoms with E-state index < -0.39 is 48.0 Å². The number of aliphatic hydroxyl groups is 1. The first-order valence-electron chi connectivity index (χ1n) is 14.5. The van der Waals surface area contributed by atoms with Gasteiger partial charge in [0.2, 0.25) is 11.8 Å². The molecule has 0 fully saturated rings. The predicted octanol–water partition coefficient (Wildman–Crippen LogP) is 2.67. The molecule has 11 nitrogen and oxygen atoms in total. The van der Waals surface area contributed by atoms with Crippen molar-refractivity contribution in [3.8, 4) is 0 Å². The maximum Gasteiger partial charge on any atom is 0.317 e. The first-order chi connectivity index (χ1) is 20.0. The molecule has 43 heavy (non-hydrogen) atoms. The standard InChI is InChI=1S/C32H48N6O5/c1-31(2,3)21-38(30(43)37-32(4,5)6)20-26(39)24(17-22-13-9-7-10-14-22)35-28(41)25(18-27(33)40)36-29(42)34-19-23-15-11-8-12-16-23/h7-16,24-26,39H,17-21H2,1-6H3,(H2,33,40)(H,35,41)(H,37,43)(H2,34,36,42). The lowest BCUT2D eigenvalue weighted by molar-refractivity contribution is -0.128. The van der Waals surface area contributed by atoms with Gasteiger partial charge in [0.25, 0.3) is 0 Å². The van der Waals surface area contributed by atoms with Gasteiger partial charge >= 0.3 is 12.1 Å². The van der Waals surface area contributed by atoms with Crippen molar-refractivity contribution in [3.05, 3.63) is 71.8 Å². The van der Waals surface area contributed by atoms with Gasteiger partial charge in [-0.3, -0.25) is 9.59 Å². The third-order valence-corrected chi connectivity index (χ3v) is 6.26. The molecule has 0 bridgehead atoms.